The molecule has 0 saturated carbocycles. The fourth-order valence-electron chi connectivity index (χ4n) is 2.56. The fraction of sp³-hybridized carbons (Fsp3) is 0.278. The van der Waals surface area contributed by atoms with Crippen molar-refractivity contribution < 1.29 is 18.3 Å². The number of anilines is 1. The van der Waals surface area contributed by atoms with E-state index in [1.54, 1.807) is 6.92 Å². The Balaban J connectivity index is 2.06. The third-order valence-corrected chi connectivity index (χ3v) is 4.74. The van der Waals surface area contributed by atoms with Crippen LogP contribution in [0.5, 0.6) is 5.88 Å². The minimum atomic E-state index is -0.937. The van der Waals surface area contributed by atoms with Crippen LogP contribution in [0.4, 0.5) is 14.5 Å². The van der Waals surface area contributed by atoms with E-state index in [0.717, 1.165) is 18.2 Å². The molecule has 3 rings (SSSR count). The Morgan fingerprint density at radius 2 is 2.11 bits per heavy atom. The summed E-state index contributed by atoms with van der Waals surface area (Å²) in [6.45, 7) is 4.08. The zero-order chi connectivity index (χ0) is 19.4. The lowest BCUT2D eigenvalue weighted by Gasteiger charge is -2.10. The molecule has 0 unspecified atom stereocenters. The van der Waals surface area contributed by atoms with Gasteiger partial charge in [-0.3, -0.25) is 4.79 Å². The molecule has 0 aliphatic rings. The molecular formula is C18H18F2N4O2S. The van der Waals surface area contributed by atoms with E-state index in [1.807, 2.05) is 6.92 Å². The number of hydrogen-bond acceptors (Lipinski definition) is 6. The number of fused-ring (bicyclic) bond motifs is 1. The molecule has 0 amide bonds. The van der Waals surface area contributed by atoms with Gasteiger partial charge in [0.1, 0.15) is 17.8 Å². The number of ketones is 1. The van der Waals surface area contributed by atoms with Crippen LogP contribution in [0.25, 0.3) is 11.0 Å². The molecule has 0 bridgehead atoms. The van der Waals surface area contributed by atoms with Crippen LogP contribution in [0.15, 0.2) is 24.7 Å². The van der Waals surface area contributed by atoms with Crippen molar-refractivity contribution in [2.75, 3.05) is 17.1 Å². The number of halogens is 2. The lowest BCUT2D eigenvalue weighted by Crippen LogP contribution is -2.10. The Bertz CT molecular complexity index is 977. The maximum atomic E-state index is 14.8. The highest BCUT2D eigenvalue weighted by atomic mass is 32.2. The number of nitrogens with one attached hydrogen (secondary N) is 2. The number of nitrogens with zero attached hydrogens (tertiary/aromatic N) is 2. The van der Waals surface area contributed by atoms with Gasteiger partial charge in [0, 0.05) is 11.9 Å². The molecule has 0 atom stereocenters. The van der Waals surface area contributed by atoms with Crippen LogP contribution in [0, 0.1) is 11.6 Å². The molecule has 0 saturated heterocycles. The minimum Gasteiger partial charge on any atom is -0.477 e. The number of benzene rings is 1. The molecule has 2 heterocycles. The molecule has 2 aromatic heterocycles. The van der Waals surface area contributed by atoms with Gasteiger partial charge in [-0.2, -0.15) is 0 Å². The summed E-state index contributed by atoms with van der Waals surface area (Å²) < 4.78 is 37.4. The molecule has 0 aliphatic carbocycles. The molecule has 2 N–H and O–H groups in total. The molecule has 0 fully saturated rings. The topological polar surface area (TPSA) is 79.9 Å². The number of carbonyl (C=O) groups excluding carboxylic acids is 1. The van der Waals surface area contributed by atoms with Crippen molar-refractivity contribution in [3.05, 3.63) is 47.4 Å². The van der Waals surface area contributed by atoms with Gasteiger partial charge >= 0.3 is 0 Å². The van der Waals surface area contributed by atoms with Crippen LogP contribution in [-0.4, -0.2) is 33.1 Å². The lowest BCUT2D eigenvalue weighted by atomic mass is 10.0. The zero-order valence-electron chi connectivity index (χ0n) is 14.8. The first kappa shape index (κ1) is 19.1. The first-order valence-electron chi connectivity index (χ1n) is 8.43. The summed E-state index contributed by atoms with van der Waals surface area (Å²) in [6.07, 6.45) is 3.53. The predicted molar refractivity (Wildman–Crippen MR) is 101 cm³/mol. The number of H-pyrrole nitrogens is 1. The van der Waals surface area contributed by atoms with Gasteiger partial charge in [-0.1, -0.05) is 18.9 Å². The molecule has 6 nitrogen and oxygen atoms in total. The van der Waals surface area contributed by atoms with Crippen LogP contribution in [0.1, 0.15) is 36.2 Å². The van der Waals surface area contributed by atoms with Crippen LogP contribution in [-0.2, 0) is 0 Å². The standard InChI is InChI=1S/C18H18F2N4O2S/c1-3-7-27-24-12-6-5-11(19)14(15(12)20)16(25)10-8-21-17-13(10)18(26-4-2)23-9-22-17/h5-6,8-9,24H,3-4,7H2,1-2H3,(H,21,22,23). The molecular weight excluding hydrogens is 374 g/mol. The number of rotatable bonds is 8. The number of aromatic nitrogens is 3. The van der Waals surface area contributed by atoms with Gasteiger partial charge in [0.25, 0.3) is 0 Å². The van der Waals surface area contributed by atoms with Gasteiger partial charge in [0.15, 0.2) is 5.82 Å². The third kappa shape index (κ3) is 3.73. The van der Waals surface area contributed by atoms with Gasteiger partial charge in [-0.15, -0.1) is 0 Å². The van der Waals surface area contributed by atoms with Crippen molar-refractivity contribution in [3.8, 4) is 5.88 Å². The van der Waals surface area contributed by atoms with Crippen molar-refractivity contribution in [2.24, 2.45) is 0 Å². The van der Waals surface area contributed by atoms with E-state index in [2.05, 4.69) is 19.7 Å². The van der Waals surface area contributed by atoms with Crippen LogP contribution in [0.3, 0.4) is 0 Å². The first-order valence-corrected chi connectivity index (χ1v) is 9.42. The monoisotopic (exact) mass is 392 g/mol. The summed E-state index contributed by atoms with van der Waals surface area (Å²) in [4.78, 5) is 23.8. The summed E-state index contributed by atoms with van der Waals surface area (Å²) in [5.74, 6) is -1.75. The second kappa shape index (κ2) is 8.34. The number of hydrogen-bond donors (Lipinski definition) is 2. The third-order valence-electron chi connectivity index (χ3n) is 3.77. The molecule has 0 aliphatic heterocycles. The van der Waals surface area contributed by atoms with E-state index in [0.29, 0.717) is 17.6 Å². The molecule has 0 spiro atoms. The summed E-state index contributed by atoms with van der Waals surface area (Å²) in [6, 6.07) is 2.34. The van der Waals surface area contributed by atoms with Gasteiger partial charge in [-0.05, 0) is 25.5 Å². The van der Waals surface area contributed by atoms with Gasteiger partial charge in [-0.25, -0.2) is 18.7 Å². The smallest absolute Gasteiger partial charge is 0.226 e. The van der Waals surface area contributed by atoms with Gasteiger partial charge in [0.05, 0.1) is 28.8 Å². The second-order valence-electron chi connectivity index (χ2n) is 5.60. The van der Waals surface area contributed by atoms with E-state index in [-0.39, 0.29) is 17.1 Å². The van der Waals surface area contributed by atoms with E-state index >= 15 is 0 Å². The maximum absolute atomic E-state index is 14.8. The highest BCUT2D eigenvalue weighted by Gasteiger charge is 2.26. The van der Waals surface area contributed by atoms with Crippen molar-refractivity contribution in [1.29, 1.82) is 0 Å². The molecule has 27 heavy (non-hydrogen) atoms. The average Bonchev–Trinajstić information content (AvgIpc) is 3.09. The van der Waals surface area contributed by atoms with Crippen LogP contribution >= 0.6 is 11.9 Å². The quantitative estimate of drug-likeness (QED) is 0.337. The molecule has 0 radical (unpaired) electrons. The first-order chi connectivity index (χ1) is 13.1. The molecule has 1 aromatic carbocycles. The van der Waals surface area contributed by atoms with Gasteiger partial charge in [0.2, 0.25) is 11.7 Å². The summed E-state index contributed by atoms with van der Waals surface area (Å²) in [7, 11) is 0. The van der Waals surface area contributed by atoms with Crippen molar-refractivity contribution >= 4 is 34.5 Å². The lowest BCUT2D eigenvalue weighted by molar-refractivity contribution is 0.103. The summed E-state index contributed by atoms with van der Waals surface area (Å²) in [5, 5.41) is 0.293. The highest BCUT2D eigenvalue weighted by molar-refractivity contribution is 8.00. The van der Waals surface area contributed by atoms with E-state index < -0.39 is 23.0 Å². The van der Waals surface area contributed by atoms with Crippen molar-refractivity contribution in [3.63, 3.8) is 0 Å². The number of ether oxygens (including phenoxy) is 1. The van der Waals surface area contributed by atoms with E-state index in [4.69, 9.17) is 4.74 Å². The Labute approximate surface area is 158 Å². The maximum Gasteiger partial charge on any atom is 0.226 e. The SMILES string of the molecule is CCCSNc1ccc(F)c(C(=O)c2c[nH]c3ncnc(OCC)c23)c1F. The molecule has 9 heteroatoms. The Morgan fingerprint density at radius 3 is 2.85 bits per heavy atom. The van der Waals surface area contributed by atoms with E-state index in [9.17, 15) is 13.6 Å². The summed E-state index contributed by atoms with van der Waals surface area (Å²) >= 11 is 1.29. The largest absolute Gasteiger partial charge is 0.477 e. The number of carbonyl (C=O) groups is 1. The Morgan fingerprint density at radius 1 is 1.30 bits per heavy atom. The number of aromatic amines is 1. The Kier molecular flexibility index (Phi) is 5.90. The highest BCUT2D eigenvalue weighted by Crippen LogP contribution is 2.30. The predicted octanol–water partition coefficient (Wildman–Crippen LogP) is 4.34. The van der Waals surface area contributed by atoms with Crippen LogP contribution < -0.4 is 9.46 Å². The normalized spacial score (nSPS) is 11.0. The van der Waals surface area contributed by atoms with Gasteiger partial charge < -0.3 is 14.4 Å². The van der Waals surface area contributed by atoms with Crippen molar-refractivity contribution in [2.45, 2.75) is 20.3 Å². The van der Waals surface area contributed by atoms with Crippen molar-refractivity contribution in [1.82, 2.24) is 15.0 Å². The molecule has 142 valence electrons. The van der Waals surface area contributed by atoms with Crippen LogP contribution in [0.2, 0.25) is 0 Å². The second-order valence-corrected chi connectivity index (χ2v) is 6.50. The fourth-order valence-corrected chi connectivity index (χ4v) is 3.18. The Hall–Kier alpha value is -2.68. The minimum absolute atomic E-state index is 0.0465. The van der Waals surface area contributed by atoms with E-state index in [1.165, 1.54) is 30.5 Å². The average molecular weight is 392 g/mol. The zero-order valence-corrected chi connectivity index (χ0v) is 15.6. The summed E-state index contributed by atoms with van der Waals surface area (Å²) in [5.41, 5.74) is -0.181. The molecule has 3 aromatic rings.